The van der Waals surface area contributed by atoms with Gasteiger partial charge in [0.15, 0.2) is 0 Å². The quantitative estimate of drug-likeness (QED) is 0.648. The Kier molecular flexibility index (Phi) is 4.30. The summed E-state index contributed by atoms with van der Waals surface area (Å²) in [7, 11) is 1.70. The maximum Gasteiger partial charge on any atom is 0.315 e. The zero-order valence-corrected chi connectivity index (χ0v) is 11.1. The number of nitrogens with zero attached hydrogens (tertiary/aromatic N) is 1. The van der Waals surface area contributed by atoms with Gasteiger partial charge in [0.1, 0.15) is 11.4 Å². The third-order valence-corrected chi connectivity index (χ3v) is 4.22. The molecule has 1 saturated heterocycles. The Morgan fingerprint density at radius 3 is 2.83 bits per heavy atom. The summed E-state index contributed by atoms with van der Waals surface area (Å²) in [5.41, 5.74) is 1.29. The van der Waals surface area contributed by atoms with Crippen LogP contribution in [0.4, 0.5) is 17.1 Å². The molecule has 0 bridgehead atoms. The number of nitro benzene ring substituents is 1. The molecular weight excluding hydrogens is 250 g/mol. The van der Waals surface area contributed by atoms with Gasteiger partial charge in [-0.1, -0.05) is 6.07 Å². The van der Waals surface area contributed by atoms with Crippen molar-refractivity contribution in [3.05, 3.63) is 28.3 Å². The minimum atomic E-state index is -0.329. The van der Waals surface area contributed by atoms with E-state index in [1.165, 1.54) is 12.2 Å². The van der Waals surface area contributed by atoms with Crippen molar-refractivity contribution in [1.82, 2.24) is 0 Å². The van der Waals surface area contributed by atoms with Crippen LogP contribution in [0.25, 0.3) is 0 Å². The van der Waals surface area contributed by atoms with Gasteiger partial charge in [-0.15, -0.1) is 0 Å². The van der Waals surface area contributed by atoms with Gasteiger partial charge in [0.2, 0.25) is 0 Å². The number of nitro groups is 1. The summed E-state index contributed by atoms with van der Waals surface area (Å²) in [6.07, 6.45) is 2.25. The molecule has 2 N–H and O–H groups in total. The van der Waals surface area contributed by atoms with E-state index in [0.717, 1.165) is 12.2 Å². The minimum absolute atomic E-state index is 0.135. The SMILES string of the molecule is CNc1cccc(NC2CCCSC2)c1[N+](=O)[O-]. The third kappa shape index (κ3) is 2.87. The Bertz CT molecular complexity index is 433. The van der Waals surface area contributed by atoms with Crippen LogP contribution in [0.1, 0.15) is 12.8 Å². The smallest absolute Gasteiger partial charge is 0.315 e. The molecule has 0 radical (unpaired) electrons. The summed E-state index contributed by atoms with van der Waals surface area (Å²) in [4.78, 5) is 10.8. The Hall–Kier alpha value is -1.43. The molecule has 1 fully saturated rings. The largest absolute Gasteiger partial charge is 0.382 e. The highest BCUT2D eigenvalue weighted by atomic mass is 32.2. The van der Waals surface area contributed by atoms with Crippen molar-refractivity contribution in [1.29, 1.82) is 0 Å². The van der Waals surface area contributed by atoms with Crippen molar-refractivity contribution < 1.29 is 4.92 Å². The summed E-state index contributed by atoms with van der Waals surface area (Å²) >= 11 is 1.90. The first kappa shape index (κ1) is 13.0. The van der Waals surface area contributed by atoms with Gasteiger partial charge in [0.25, 0.3) is 0 Å². The molecule has 1 atom stereocenters. The van der Waals surface area contributed by atoms with E-state index < -0.39 is 0 Å². The van der Waals surface area contributed by atoms with Crippen LogP contribution in [0.2, 0.25) is 0 Å². The summed E-state index contributed by atoms with van der Waals surface area (Å²) in [5.74, 6) is 2.21. The van der Waals surface area contributed by atoms with Crippen molar-refractivity contribution >= 4 is 28.8 Å². The number of hydrogen-bond acceptors (Lipinski definition) is 5. The van der Waals surface area contributed by atoms with Gasteiger partial charge in [0, 0.05) is 18.8 Å². The lowest BCUT2D eigenvalue weighted by Gasteiger charge is -2.23. The molecule has 1 heterocycles. The standard InChI is InChI=1S/C12H17N3O2S/c1-13-10-5-2-6-11(12(10)15(16)17)14-9-4-3-7-18-8-9/h2,5-6,9,13-14H,3-4,7-8H2,1H3. The Morgan fingerprint density at radius 2 is 2.22 bits per heavy atom. The van der Waals surface area contributed by atoms with Crippen molar-refractivity contribution in [2.75, 3.05) is 29.2 Å². The van der Waals surface area contributed by atoms with E-state index in [-0.39, 0.29) is 10.6 Å². The molecule has 0 saturated carbocycles. The molecule has 0 spiro atoms. The van der Waals surface area contributed by atoms with Gasteiger partial charge in [-0.25, -0.2) is 0 Å². The zero-order chi connectivity index (χ0) is 13.0. The fourth-order valence-corrected chi connectivity index (χ4v) is 3.20. The lowest BCUT2D eigenvalue weighted by molar-refractivity contribution is -0.383. The van der Waals surface area contributed by atoms with E-state index in [9.17, 15) is 10.1 Å². The molecule has 1 aliphatic heterocycles. The highest BCUT2D eigenvalue weighted by Crippen LogP contribution is 2.34. The van der Waals surface area contributed by atoms with Crippen LogP contribution in [0.5, 0.6) is 0 Å². The molecule has 98 valence electrons. The summed E-state index contributed by atoms with van der Waals surface area (Å²) in [6, 6.07) is 5.66. The van der Waals surface area contributed by atoms with E-state index in [4.69, 9.17) is 0 Å². The Labute approximate surface area is 110 Å². The molecule has 1 aliphatic rings. The van der Waals surface area contributed by atoms with E-state index in [1.54, 1.807) is 19.2 Å². The second-order valence-electron chi connectivity index (χ2n) is 4.27. The van der Waals surface area contributed by atoms with Crippen LogP contribution < -0.4 is 10.6 Å². The van der Waals surface area contributed by atoms with Crippen LogP contribution in [0.15, 0.2) is 18.2 Å². The molecule has 18 heavy (non-hydrogen) atoms. The molecule has 5 nitrogen and oxygen atoms in total. The highest BCUT2D eigenvalue weighted by Gasteiger charge is 2.22. The molecule has 6 heteroatoms. The lowest BCUT2D eigenvalue weighted by atomic mass is 10.1. The van der Waals surface area contributed by atoms with Crippen LogP contribution in [0, 0.1) is 10.1 Å². The summed E-state index contributed by atoms with van der Waals surface area (Å²) in [5, 5.41) is 17.3. The average Bonchev–Trinajstić information content (AvgIpc) is 2.39. The monoisotopic (exact) mass is 267 g/mol. The predicted molar refractivity (Wildman–Crippen MR) is 76.6 cm³/mol. The zero-order valence-electron chi connectivity index (χ0n) is 10.3. The van der Waals surface area contributed by atoms with E-state index >= 15 is 0 Å². The average molecular weight is 267 g/mol. The summed E-state index contributed by atoms with van der Waals surface area (Å²) in [6.45, 7) is 0. The Balaban J connectivity index is 2.23. The van der Waals surface area contributed by atoms with Crippen LogP contribution >= 0.6 is 11.8 Å². The van der Waals surface area contributed by atoms with E-state index in [1.807, 2.05) is 17.8 Å². The number of para-hydroxylation sites is 1. The summed E-state index contributed by atoms with van der Waals surface area (Å²) < 4.78 is 0. The molecule has 2 rings (SSSR count). The van der Waals surface area contributed by atoms with Gasteiger partial charge >= 0.3 is 5.69 Å². The third-order valence-electron chi connectivity index (χ3n) is 3.01. The van der Waals surface area contributed by atoms with Gasteiger partial charge in [0.05, 0.1) is 4.92 Å². The molecule has 0 aliphatic carbocycles. The van der Waals surface area contributed by atoms with Crippen LogP contribution in [-0.2, 0) is 0 Å². The fraction of sp³-hybridized carbons (Fsp3) is 0.500. The maximum atomic E-state index is 11.2. The first-order chi connectivity index (χ1) is 8.72. The van der Waals surface area contributed by atoms with E-state index in [0.29, 0.717) is 17.4 Å². The molecule has 1 aromatic rings. The second kappa shape index (κ2) is 5.95. The molecule has 1 aromatic carbocycles. The van der Waals surface area contributed by atoms with Crippen molar-refractivity contribution in [2.45, 2.75) is 18.9 Å². The predicted octanol–water partition coefficient (Wildman–Crippen LogP) is 2.94. The number of nitrogens with one attached hydrogen (secondary N) is 2. The molecule has 1 unspecified atom stereocenters. The van der Waals surface area contributed by atoms with Gasteiger partial charge < -0.3 is 10.6 Å². The minimum Gasteiger partial charge on any atom is -0.382 e. The number of benzene rings is 1. The first-order valence-electron chi connectivity index (χ1n) is 6.02. The number of anilines is 2. The van der Waals surface area contributed by atoms with Crippen molar-refractivity contribution in [2.24, 2.45) is 0 Å². The van der Waals surface area contributed by atoms with Crippen molar-refractivity contribution in [3.8, 4) is 0 Å². The van der Waals surface area contributed by atoms with Gasteiger partial charge in [-0.2, -0.15) is 11.8 Å². The number of hydrogen-bond donors (Lipinski definition) is 2. The molecular formula is C12H17N3O2S. The molecule has 0 amide bonds. The van der Waals surface area contributed by atoms with Gasteiger partial charge in [-0.3, -0.25) is 10.1 Å². The first-order valence-corrected chi connectivity index (χ1v) is 7.17. The normalized spacial score (nSPS) is 19.3. The van der Waals surface area contributed by atoms with Crippen LogP contribution in [-0.4, -0.2) is 29.5 Å². The lowest BCUT2D eigenvalue weighted by Crippen LogP contribution is -2.26. The number of thioether (sulfide) groups is 1. The highest BCUT2D eigenvalue weighted by molar-refractivity contribution is 7.99. The topological polar surface area (TPSA) is 67.2 Å². The van der Waals surface area contributed by atoms with E-state index in [2.05, 4.69) is 10.6 Å². The maximum absolute atomic E-state index is 11.2. The van der Waals surface area contributed by atoms with Crippen LogP contribution in [0.3, 0.4) is 0 Å². The van der Waals surface area contributed by atoms with Crippen molar-refractivity contribution in [3.63, 3.8) is 0 Å². The van der Waals surface area contributed by atoms with Gasteiger partial charge in [-0.05, 0) is 30.7 Å². The second-order valence-corrected chi connectivity index (χ2v) is 5.42. The fourth-order valence-electron chi connectivity index (χ4n) is 2.13. The molecule has 0 aromatic heterocycles. The number of rotatable bonds is 4. The Morgan fingerprint density at radius 1 is 1.44 bits per heavy atom.